The van der Waals surface area contributed by atoms with Crippen LogP contribution < -0.4 is 11.1 Å². The van der Waals surface area contributed by atoms with Crippen LogP contribution in [0, 0.1) is 5.92 Å². The van der Waals surface area contributed by atoms with Gasteiger partial charge in [-0.3, -0.25) is 4.98 Å². The number of hydrogen-bond donors (Lipinski definition) is 2. The van der Waals surface area contributed by atoms with Crippen molar-refractivity contribution in [2.45, 2.75) is 13.0 Å². The van der Waals surface area contributed by atoms with E-state index in [1.54, 1.807) is 0 Å². The van der Waals surface area contributed by atoms with Crippen molar-refractivity contribution < 1.29 is 4.79 Å². The second kappa shape index (κ2) is 6.10. The minimum atomic E-state index is -0.0147. The summed E-state index contributed by atoms with van der Waals surface area (Å²) in [6, 6.07) is 10.0. The molecule has 1 fully saturated rings. The average Bonchev–Trinajstić information content (AvgIpc) is 3.01. The average molecular weight is 284 g/mol. The van der Waals surface area contributed by atoms with Gasteiger partial charge in [0.2, 0.25) is 0 Å². The third kappa shape index (κ3) is 3.13. The van der Waals surface area contributed by atoms with E-state index in [2.05, 4.69) is 16.4 Å². The Hall–Kier alpha value is -2.14. The summed E-state index contributed by atoms with van der Waals surface area (Å²) in [5.41, 5.74) is 7.63. The van der Waals surface area contributed by atoms with Gasteiger partial charge in [0.25, 0.3) is 0 Å². The summed E-state index contributed by atoms with van der Waals surface area (Å²) < 4.78 is 0. The zero-order valence-corrected chi connectivity index (χ0v) is 12.0. The Morgan fingerprint density at radius 3 is 3.10 bits per heavy atom. The van der Waals surface area contributed by atoms with Crippen LogP contribution in [0.5, 0.6) is 0 Å². The first-order valence-electron chi connectivity index (χ1n) is 7.33. The summed E-state index contributed by atoms with van der Waals surface area (Å²) >= 11 is 0. The molecule has 0 saturated carbocycles. The van der Waals surface area contributed by atoms with Crippen LogP contribution in [0.25, 0.3) is 10.9 Å². The molecular formula is C16H20N4O. The highest BCUT2D eigenvalue weighted by molar-refractivity contribution is 5.79. The molecule has 1 saturated heterocycles. The lowest BCUT2D eigenvalue weighted by atomic mass is 10.1. The van der Waals surface area contributed by atoms with E-state index in [1.807, 2.05) is 35.4 Å². The number of pyridine rings is 1. The minimum Gasteiger partial charge on any atom is -0.334 e. The van der Waals surface area contributed by atoms with Crippen molar-refractivity contribution in [1.82, 2.24) is 15.2 Å². The number of rotatable bonds is 3. The minimum absolute atomic E-state index is 0.0147. The molecule has 0 aliphatic carbocycles. The third-order valence-corrected chi connectivity index (χ3v) is 4.00. The SMILES string of the molecule is NC[C@@H]1CCN(C(=O)NCc2cnc3ccccc3c2)C1. The number of fused-ring (bicyclic) bond motifs is 1. The Labute approximate surface area is 124 Å². The summed E-state index contributed by atoms with van der Waals surface area (Å²) in [7, 11) is 0. The van der Waals surface area contributed by atoms with E-state index >= 15 is 0 Å². The first-order valence-corrected chi connectivity index (χ1v) is 7.33. The second-order valence-electron chi connectivity index (χ2n) is 5.53. The largest absolute Gasteiger partial charge is 0.334 e. The Balaban J connectivity index is 1.60. The van der Waals surface area contributed by atoms with Gasteiger partial charge in [-0.25, -0.2) is 4.79 Å². The number of carbonyl (C=O) groups is 1. The number of nitrogens with zero attached hydrogens (tertiary/aromatic N) is 2. The number of likely N-dealkylation sites (tertiary alicyclic amines) is 1. The van der Waals surface area contributed by atoms with Gasteiger partial charge in [0.1, 0.15) is 0 Å². The number of benzene rings is 1. The molecule has 2 heterocycles. The lowest BCUT2D eigenvalue weighted by Crippen LogP contribution is -2.38. The van der Waals surface area contributed by atoms with Crippen molar-refractivity contribution >= 4 is 16.9 Å². The van der Waals surface area contributed by atoms with E-state index in [0.29, 0.717) is 19.0 Å². The topological polar surface area (TPSA) is 71.2 Å². The van der Waals surface area contributed by atoms with Gasteiger partial charge in [-0.2, -0.15) is 0 Å². The number of aromatic nitrogens is 1. The van der Waals surface area contributed by atoms with Crippen LogP contribution in [-0.4, -0.2) is 35.5 Å². The first-order chi connectivity index (χ1) is 10.3. The molecule has 110 valence electrons. The van der Waals surface area contributed by atoms with Gasteiger partial charge in [-0.1, -0.05) is 18.2 Å². The van der Waals surface area contributed by atoms with Crippen molar-refractivity contribution in [1.29, 1.82) is 0 Å². The molecule has 0 bridgehead atoms. The molecule has 1 atom stereocenters. The maximum atomic E-state index is 12.1. The zero-order chi connectivity index (χ0) is 14.7. The van der Waals surface area contributed by atoms with E-state index < -0.39 is 0 Å². The summed E-state index contributed by atoms with van der Waals surface area (Å²) in [5, 5.41) is 4.05. The Morgan fingerprint density at radius 2 is 2.29 bits per heavy atom. The zero-order valence-electron chi connectivity index (χ0n) is 12.0. The van der Waals surface area contributed by atoms with Crippen molar-refractivity contribution in [3.8, 4) is 0 Å². The van der Waals surface area contributed by atoms with Gasteiger partial charge >= 0.3 is 6.03 Å². The highest BCUT2D eigenvalue weighted by atomic mass is 16.2. The van der Waals surface area contributed by atoms with Gasteiger partial charge in [0.05, 0.1) is 5.52 Å². The molecule has 2 aromatic rings. The first kappa shape index (κ1) is 13.8. The molecule has 5 heteroatoms. The van der Waals surface area contributed by atoms with Crippen LogP contribution in [0.2, 0.25) is 0 Å². The number of urea groups is 1. The number of amides is 2. The summed E-state index contributed by atoms with van der Waals surface area (Å²) in [5.74, 6) is 0.443. The molecular weight excluding hydrogens is 264 g/mol. The van der Waals surface area contributed by atoms with Crippen LogP contribution in [0.15, 0.2) is 36.5 Å². The van der Waals surface area contributed by atoms with Crippen LogP contribution >= 0.6 is 0 Å². The third-order valence-electron chi connectivity index (χ3n) is 4.00. The van der Waals surface area contributed by atoms with Crippen molar-refractivity contribution in [2.75, 3.05) is 19.6 Å². The molecule has 1 aromatic carbocycles. The molecule has 3 rings (SSSR count). The monoisotopic (exact) mass is 284 g/mol. The molecule has 21 heavy (non-hydrogen) atoms. The van der Waals surface area contributed by atoms with Crippen molar-refractivity contribution in [2.24, 2.45) is 11.7 Å². The van der Waals surface area contributed by atoms with Gasteiger partial charge in [-0.15, -0.1) is 0 Å². The van der Waals surface area contributed by atoms with Crippen molar-refractivity contribution in [3.63, 3.8) is 0 Å². The fourth-order valence-corrected chi connectivity index (χ4v) is 2.71. The van der Waals surface area contributed by atoms with Crippen LogP contribution in [-0.2, 0) is 6.54 Å². The van der Waals surface area contributed by atoms with Gasteiger partial charge in [0, 0.05) is 31.2 Å². The molecule has 0 unspecified atom stereocenters. The fourth-order valence-electron chi connectivity index (χ4n) is 2.71. The Kier molecular flexibility index (Phi) is 4.01. The normalized spacial score (nSPS) is 18.1. The molecule has 0 radical (unpaired) electrons. The van der Waals surface area contributed by atoms with E-state index in [9.17, 15) is 4.79 Å². The van der Waals surface area contributed by atoms with Crippen LogP contribution in [0.1, 0.15) is 12.0 Å². The lowest BCUT2D eigenvalue weighted by molar-refractivity contribution is 0.206. The van der Waals surface area contributed by atoms with Crippen LogP contribution in [0.4, 0.5) is 4.79 Å². The number of carbonyl (C=O) groups excluding carboxylic acids is 1. The number of nitrogens with two attached hydrogens (primary N) is 1. The molecule has 1 aromatic heterocycles. The molecule has 0 spiro atoms. The lowest BCUT2D eigenvalue weighted by Gasteiger charge is -2.17. The summed E-state index contributed by atoms with van der Waals surface area (Å²) in [6.45, 7) is 2.71. The van der Waals surface area contributed by atoms with Gasteiger partial charge in [-0.05, 0) is 36.6 Å². The number of para-hydroxylation sites is 1. The highest BCUT2D eigenvalue weighted by Gasteiger charge is 2.24. The van der Waals surface area contributed by atoms with E-state index in [1.165, 1.54) is 0 Å². The van der Waals surface area contributed by atoms with E-state index in [0.717, 1.165) is 36.0 Å². The quantitative estimate of drug-likeness (QED) is 0.901. The van der Waals surface area contributed by atoms with E-state index in [-0.39, 0.29) is 6.03 Å². The second-order valence-corrected chi connectivity index (χ2v) is 5.53. The fraction of sp³-hybridized carbons (Fsp3) is 0.375. The molecule has 3 N–H and O–H groups in total. The molecule has 1 aliphatic rings. The summed E-state index contributed by atoms with van der Waals surface area (Å²) in [4.78, 5) is 18.3. The Bertz CT molecular complexity index is 643. The van der Waals surface area contributed by atoms with Gasteiger partial charge in [0.15, 0.2) is 0 Å². The Morgan fingerprint density at radius 1 is 1.43 bits per heavy atom. The number of nitrogens with one attached hydrogen (secondary N) is 1. The molecule has 2 amide bonds. The highest BCUT2D eigenvalue weighted by Crippen LogP contribution is 2.15. The molecule has 5 nitrogen and oxygen atoms in total. The standard InChI is InChI=1S/C16H20N4O/c17-8-12-5-6-20(11-12)16(21)19-10-13-7-14-3-1-2-4-15(14)18-9-13/h1-4,7,9,12H,5-6,8,10-11,17H2,(H,19,21)/t12-/m0/s1. The maximum Gasteiger partial charge on any atom is 0.317 e. The summed E-state index contributed by atoms with van der Waals surface area (Å²) in [6.07, 6.45) is 2.82. The van der Waals surface area contributed by atoms with Crippen LogP contribution in [0.3, 0.4) is 0 Å². The predicted octanol–water partition coefficient (Wildman–Crippen LogP) is 1.72. The number of hydrogen-bond acceptors (Lipinski definition) is 3. The van der Waals surface area contributed by atoms with E-state index in [4.69, 9.17) is 5.73 Å². The predicted molar refractivity (Wildman–Crippen MR) is 82.7 cm³/mol. The molecule has 1 aliphatic heterocycles. The maximum absolute atomic E-state index is 12.1. The smallest absolute Gasteiger partial charge is 0.317 e. The van der Waals surface area contributed by atoms with Crippen molar-refractivity contribution in [3.05, 3.63) is 42.1 Å². The van der Waals surface area contributed by atoms with Gasteiger partial charge < -0.3 is 16.0 Å².